The number of carbonyl (C=O) groups is 1. The topological polar surface area (TPSA) is 52.1 Å². The Morgan fingerprint density at radius 3 is 2.65 bits per heavy atom. The second-order valence-corrected chi connectivity index (χ2v) is 5.53. The maximum Gasteiger partial charge on any atom is 0.306 e. The van der Waals surface area contributed by atoms with Gasteiger partial charge in [0.2, 0.25) is 0 Å². The van der Waals surface area contributed by atoms with Crippen LogP contribution in [0.1, 0.15) is 24.8 Å². The van der Waals surface area contributed by atoms with Gasteiger partial charge < -0.3 is 4.74 Å². The van der Waals surface area contributed by atoms with Gasteiger partial charge in [0.1, 0.15) is 0 Å². The third-order valence-electron chi connectivity index (χ3n) is 2.97. The van der Waals surface area contributed by atoms with Crippen molar-refractivity contribution in [3.8, 4) is 0 Å². The number of nitrogens with zero attached hydrogens (tertiary/aromatic N) is 2. The number of methoxy groups -OCH3 is 1. The van der Waals surface area contributed by atoms with Gasteiger partial charge in [0.15, 0.2) is 5.16 Å². The van der Waals surface area contributed by atoms with E-state index in [-0.39, 0.29) is 11.4 Å². The molecule has 1 aliphatic carbocycles. The molecule has 0 aromatic carbocycles. The summed E-state index contributed by atoms with van der Waals surface area (Å²) in [5.41, 5.74) is 1.19. The van der Waals surface area contributed by atoms with Crippen LogP contribution in [0.4, 0.5) is 0 Å². The summed E-state index contributed by atoms with van der Waals surface area (Å²) in [6.07, 6.45) is 6.34. The Kier molecular flexibility index (Phi) is 3.66. The van der Waals surface area contributed by atoms with E-state index < -0.39 is 0 Å². The minimum absolute atomic E-state index is 0.118. The first-order valence-electron chi connectivity index (χ1n) is 5.62. The van der Waals surface area contributed by atoms with Crippen LogP contribution in [0.5, 0.6) is 0 Å². The maximum absolute atomic E-state index is 11.3. The summed E-state index contributed by atoms with van der Waals surface area (Å²) in [7, 11) is 1.44. The summed E-state index contributed by atoms with van der Waals surface area (Å²) in [6.45, 7) is 1.97. The van der Waals surface area contributed by atoms with Gasteiger partial charge in [-0.05, 0) is 30.7 Å². The van der Waals surface area contributed by atoms with Crippen LogP contribution in [0.15, 0.2) is 17.6 Å². The molecule has 2 rings (SSSR count). The van der Waals surface area contributed by atoms with E-state index >= 15 is 0 Å². The number of aromatic nitrogens is 2. The van der Waals surface area contributed by atoms with Crippen molar-refractivity contribution >= 4 is 17.7 Å². The second-order valence-electron chi connectivity index (χ2n) is 4.58. The molecule has 1 aromatic heterocycles. The molecule has 1 aliphatic rings. The minimum atomic E-state index is -0.118. The minimum Gasteiger partial charge on any atom is -0.469 e. The van der Waals surface area contributed by atoms with E-state index in [1.54, 1.807) is 11.8 Å². The van der Waals surface area contributed by atoms with Crippen molar-refractivity contribution in [3.05, 3.63) is 18.0 Å². The Balaban J connectivity index is 1.85. The first kappa shape index (κ1) is 12.4. The van der Waals surface area contributed by atoms with Crippen molar-refractivity contribution in [2.75, 3.05) is 12.9 Å². The zero-order chi connectivity index (χ0) is 12.3. The summed E-state index contributed by atoms with van der Waals surface area (Å²) >= 11 is 1.62. The number of aryl methyl sites for hydroxylation is 1. The molecule has 5 heteroatoms. The molecular formula is C12H16N2O2S. The molecule has 0 aliphatic heterocycles. The number of hydrogen-bond acceptors (Lipinski definition) is 5. The molecule has 0 amide bonds. The standard InChI is InChI=1S/C12H16N2O2S/c1-9-6-13-11(14-7-9)17-8-12(3-4-12)5-10(15)16-2/h6-7H,3-5,8H2,1-2H3. The SMILES string of the molecule is COC(=O)CC1(CSc2ncc(C)cn2)CC1. The van der Waals surface area contributed by atoms with E-state index in [4.69, 9.17) is 4.74 Å². The van der Waals surface area contributed by atoms with Crippen molar-refractivity contribution in [3.63, 3.8) is 0 Å². The number of ether oxygens (including phenoxy) is 1. The molecule has 0 atom stereocenters. The fourth-order valence-corrected chi connectivity index (χ4v) is 2.68. The fourth-order valence-electron chi connectivity index (χ4n) is 1.60. The maximum atomic E-state index is 11.3. The van der Waals surface area contributed by atoms with Crippen molar-refractivity contribution < 1.29 is 9.53 Å². The molecule has 0 unspecified atom stereocenters. The number of esters is 1. The van der Waals surface area contributed by atoms with Gasteiger partial charge >= 0.3 is 5.97 Å². The van der Waals surface area contributed by atoms with Crippen LogP contribution in [0.2, 0.25) is 0 Å². The highest BCUT2D eigenvalue weighted by Gasteiger charge is 2.44. The van der Waals surface area contributed by atoms with E-state index in [2.05, 4.69) is 9.97 Å². The van der Waals surface area contributed by atoms with Crippen molar-refractivity contribution in [1.29, 1.82) is 0 Å². The fraction of sp³-hybridized carbons (Fsp3) is 0.583. The van der Waals surface area contributed by atoms with E-state index in [1.165, 1.54) is 7.11 Å². The van der Waals surface area contributed by atoms with Crippen LogP contribution < -0.4 is 0 Å². The molecule has 1 fully saturated rings. The molecule has 92 valence electrons. The van der Waals surface area contributed by atoms with E-state index in [9.17, 15) is 4.79 Å². The molecule has 4 nitrogen and oxygen atoms in total. The molecule has 1 heterocycles. The molecular weight excluding hydrogens is 236 g/mol. The Hall–Kier alpha value is -1.10. The Bertz CT molecular complexity index is 401. The second kappa shape index (κ2) is 5.04. The Labute approximate surface area is 105 Å². The number of thioether (sulfide) groups is 1. The number of carbonyl (C=O) groups excluding carboxylic acids is 1. The monoisotopic (exact) mass is 252 g/mol. The number of rotatable bonds is 5. The molecule has 1 saturated carbocycles. The smallest absolute Gasteiger partial charge is 0.306 e. The normalized spacial score (nSPS) is 16.6. The van der Waals surface area contributed by atoms with E-state index in [0.717, 1.165) is 29.3 Å². The predicted octanol–water partition coefficient (Wildman–Crippen LogP) is 2.22. The zero-order valence-electron chi connectivity index (χ0n) is 10.1. The zero-order valence-corrected chi connectivity index (χ0v) is 10.9. The van der Waals surface area contributed by atoms with Gasteiger partial charge in [0.05, 0.1) is 13.5 Å². The summed E-state index contributed by atoms with van der Waals surface area (Å²) < 4.78 is 4.71. The lowest BCUT2D eigenvalue weighted by Crippen LogP contribution is -2.13. The van der Waals surface area contributed by atoms with Crippen LogP contribution in [0.25, 0.3) is 0 Å². The first-order valence-corrected chi connectivity index (χ1v) is 6.60. The highest BCUT2D eigenvalue weighted by Crippen LogP contribution is 2.51. The van der Waals surface area contributed by atoms with Gasteiger partial charge in [0.25, 0.3) is 0 Å². The highest BCUT2D eigenvalue weighted by molar-refractivity contribution is 7.99. The molecule has 0 N–H and O–H groups in total. The van der Waals surface area contributed by atoms with Gasteiger partial charge in [0, 0.05) is 18.1 Å². The van der Waals surface area contributed by atoms with Gasteiger partial charge in [-0.15, -0.1) is 0 Å². The summed E-state index contributed by atoms with van der Waals surface area (Å²) in [6, 6.07) is 0. The highest BCUT2D eigenvalue weighted by atomic mass is 32.2. The average molecular weight is 252 g/mol. The largest absolute Gasteiger partial charge is 0.469 e. The molecule has 0 bridgehead atoms. The van der Waals surface area contributed by atoms with Gasteiger partial charge in [-0.25, -0.2) is 9.97 Å². The van der Waals surface area contributed by atoms with Gasteiger partial charge in [-0.3, -0.25) is 4.79 Å². The van der Waals surface area contributed by atoms with Crippen LogP contribution in [0.3, 0.4) is 0 Å². The van der Waals surface area contributed by atoms with Crippen LogP contribution in [-0.2, 0) is 9.53 Å². The third kappa shape index (κ3) is 3.43. The van der Waals surface area contributed by atoms with Gasteiger partial charge in [-0.2, -0.15) is 0 Å². The van der Waals surface area contributed by atoms with E-state index in [0.29, 0.717) is 6.42 Å². The quantitative estimate of drug-likeness (QED) is 0.457. The Morgan fingerprint density at radius 1 is 1.47 bits per heavy atom. The van der Waals surface area contributed by atoms with Crippen LogP contribution in [-0.4, -0.2) is 28.8 Å². The van der Waals surface area contributed by atoms with Gasteiger partial charge in [-0.1, -0.05) is 11.8 Å². The molecule has 0 spiro atoms. The third-order valence-corrected chi connectivity index (χ3v) is 4.19. The lowest BCUT2D eigenvalue weighted by molar-refractivity contribution is -0.141. The Morgan fingerprint density at radius 2 is 2.12 bits per heavy atom. The summed E-state index contributed by atoms with van der Waals surface area (Å²) in [5, 5.41) is 0.784. The predicted molar refractivity (Wildman–Crippen MR) is 65.8 cm³/mol. The number of hydrogen-bond donors (Lipinski definition) is 0. The summed E-state index contributed by atoms with van der Waals surface area (Å²) in [5.74, 6) is 0.776. The average Bonchev–Trinajstić information content (AvgIpc) is 3.09. The lowest BCUT2D eigenvalue weighted by Gasteiger charge is -2.11. The van der Waals surface area contributed by atoms with Crippen LogP contribution >= 0.6 is 11.8 Å². The molecule has 17 heavy (non-hydrogen) atoms. The summed E-state index contributed by atoms with van der Waals surface area (Å²) in [4.78, 5) is 19.7. The lowest BCUT2D eigenvalue weighted by atomic mass is 10.1. The molecule has 0 radical (unpaired) electrons. The molecule has 0 saturated heterocycles. The van der Waals surface area contributed by atoms with Crippen molar-refractivity contribution in [2.45, 2.75) is 31.3 Å². The van der Waals surface area contributed by atoms with E-state index in [1.807, 2.05) is 19.3 Å². The van der Waals surface area contributed by atoms with Crippen molar-refractivity contribution in [2.24, 2.45) is 5.41 Å². The van der Waals surface area contributed by atoms with Crippen LogP contribution in [0, 0.1) is 12.3 Å². The first-order chi connectivity index (χ1) is 8.13. The molecule has 1 aromatic rings. The van der Waals surface area contributed by atoms with Crippen molar-refractivity contribution in [1.82, 2.24) is 9.97 Å².